The lowest BCUT2D eigenvalue weighted by Crippen LogP contribution is -2.34. The average molecular weight is 220 g/mol. The summed E-state index contributed by atoms with van der Waals surface area (Å²) >= 11 is 0. The van der Waals surface area contributed by atoms with Crippen LogP contribution in [0.15, 0.2) is 23.4 Å². The normalized spacial score (nSPS) is 21.3. The molecule has 0 bridgehead atoms. The maximum Gasteiger partial charge on any atom is 0.275 e. The quantitative estimate of drug-likeness (QED) is 0.464. The largest absolute Gasteiger partial charge is 0.287 e. The molecule has 1 N–H and O–H groups in total. The molecular formula is C10H8N2O4. The summed E-state index contributed by atoms with van der Waals surface area (Å²) in [6.07, 6.45) is -0.114. The highest BCUT2D eigenvalue weighted by Gasteiger charge is 2.42. The molecule has 0 radical (unpaired) electrons. The van der Waals surface area contributed by atoms with E-state index in [2.05, 4.69) is 6.58 Å². The number of imide groups is 2. The van der Waals surface area contributed by atoms with Crippen molar-refractivity contribution in [2.75, 3.05) is 0 Å². The van der Waals surface area contributed by atoms with Gasteiger partial charge < -0.3 is 0 Å². The van der Waals surface area contributed by atoms with Gasteiger partial charge in [0.05, 0.1) is 6.42 Å². The third kappa shape index (κ3) is 1.19. The molecule has 2 rings (SSSR count). The molecule has 6 nitrogen and oxygen atoms in total. The molecule has 0 saturated carbocycles. The molecule has 0 aliphatic carbocycles. The van der Waals surface area contributed by atoms with E-state index in [1.54, 1.807) is 0 Å². The summed E-state index contributed by atoms with van der Waals surface area (Å²) in [5, 5.41) is 2.02. The molecule has 0 aromatic heterocycles. The van der Waals surface area contributed by atoms with Gasteiger partial charge in [0, 0.05) is 11.1 Å². The Hall–Kier alpha value is -2.24. The van der Waals surface area contributed by atoms with Gasteiger partial charge in [-0.05, 0) is 6.92 Å². The topological polar surface area (TPSA) is 83.6 Å². The van der Waals surface area contributed by atoms with E-state index >= 15 is 0 Å². The molecule has 0 aromatic rings. The van der Waals surface area contributed by atoms with E-state index in [4.69, 9.17) is 0 Å². The summed E-state index contributed by atoms with van der Waals surface area (Å²) in [6.45, 7) is 4.81. The second-order valence-electron chi connectivity index (χ2n) is 3.57. The van der Waals surface area contributed by atoms with Crippen molar-refractivity contribution >= 4 is 23.6 Å². The Morgan fingerprint density at radius 1 is 1.19 bits per heavy atom. The van der Waals surface area contributed by atoms with E-state index < -0.39 is 23.6 Å². The molecule has 4 amide bonds. The maximum absolute atomic E-state index is 11.6. The lowest BCUT2D eigenvalue weighted by molar-refractivity contribution is -0.138. The van der Waals surface area contributed by atoms with Crippen LogP contribution >= 0.6 is 0 Å². The van der Waals surface area contributed by atoms with Crippen LogP contribution in [0.4, 0.5) is 0 Å². The predicted molar refractivity (Wildman–Crippen MR) is 51.5 cm³/mol. The lowest BCUT2D eigenvalue weighted by Gasteiger charge is -2.12. The predicted octanol–water partition coefficient (Wildman–Crippen LogP) is -0.768. The first-order valence-corrected chi connectivity index (χ1v) is 4.55. The Balaban J connectivity index is 2.50. The minimum Gasteiger partial charge on any atom is -0.287 e. The van der Waals surface area contributed by atoms with Crippen LogP contribution in [0.1, 0.15) is 13.3 Å². The van der Waals surface area contributed by atoms with Gasteiger partial charge in [-0.1, -0.05) is 6.58 Å². The maximum atomic E-state index is 11.6. The molecule has 0 unspecified atom stereocenters. The number of amides is 4. The van der Waals surface area contributed by atoms with Gasteiger partial charge in [-0.25, -0.2) is 4.90 Å². The van der Waals surface area contributed by atoms with Crippen LogP contribution in [0, 0.1) is 0 Å². The minimum atomic E-state index is -0.723. The van der Waals surface area contributed by atoms with Crippen molar-refractivity contribution in [1.29, 1.82) is 0 Å². The SMILES string of the molecule is C=C1CC(=O)N(C2=C(C)C(=O)NC2=O)C1=O. The van der Waals surface area contributed by atoms with Gasteiger partial charge in [-0.2, -0.15) is 0 Å². The summed E-state index contributed by atoms with van der Waals surface area (Å²) in [5.74, 6) is -2.46. The number of hydrogen-bond acceptors (Lipinski definition) is 4. The van der Waals surface area contributed by atoms with Gasteiger partial charge in [-0.15, -0.1) is 0 Å². The number of carbonyl (C=O) groups excluding carboxylic acids is 4. The zero-order chi connectivity index (χ0) is 12.0. The molecule has 16 heavy (non-hydrogen) atoms. The van der Waals surface area contributed by atoms with Crippen LogP contribution in [-0.2, 0) is 19.2 Å². The highest BCUT2D eigenvalue weighted by Crippen LogP contribution is 2.26. The van der Waals surface area contributed by atoms with Gasteiger partial charge in [0.2, 0.25) is 5.91 Å². The second-order valence-corrected chi connectivity index (χ2v) is 3.57. The molecule has 1 saturated heterocycles. The fraction of sp³-hybridized carbons (Fsp3) is 0.200. The van der Waals surface area contributed by atoms with Crippen molar-refractivity contribution in [2.24, 2.45) is 0 Å². The highest BCUT2D eigenvalue weighted by atomic mass is 16.2. The smallest absolute Gasteiger partial charge is 0.275 e. The molecule has 2 aliphatic rings. The summed E-state index contributed by atoms with van der Waals surface area (Å²) in [6, 6.07) is 0. The van der Waals surface area contributed by atoms with Crippen molar-refractivity contribution in [3.8, 4) is 0 Å². The van der Waals surface area contributed by atoms with E-state index in [0.717, 1.165) is 4.90 Å². The van der Waals surface area contributed by atoms with Crippen LogP contribution in [-0.4, -0.2) is 28.5 Å². The summed E-state index contributed by atoms with van der Waals surface area (Å²) in [7, 11) is 0. The van der Waals surface area contributed by atoms with E-state index in [0.29, 0.717) is 0 Å². The number of rotatable bonds is 1. The molecule has 0 aromatic carbocycles. The number of nitrogens with one attached hydrogen (secondary N) is 1. The lowest BCUT2D eigenvalue weighted by atomic mass is 10.2. The van der Waals surface area contributed by atoms with Crippen LogP contribution in [0.25, 0.3) is 0 Å². The Kier molecular flexibility index (Phi) is 2.01. The summed E-state index contributed by atoms with van der Waals surface area (Å²) in [4.78, 5) is 46.4. The zero-order valence-corrected chi connectivity index (χ0v) is 8.49. The number of hydrogen-bond donors (Lipinski definition) is 1. The molecule has 82 valence electrons. The Morgan fingerprint density at radius 2 is 1.81 bits per heavy atom. The average Bonchev–Trinajstić information content (AvgIpc) is 2.57. The van der Waals surface area contributed by atoms with Gasteiger partial charge in [0.1, 0.15) is 5.70 Å². The minimum absolute atomic E-state index is 0.0707. The van der Waals surface area contributed by atoms with Gasteiger partial charge in [0.15, 0.2) is 0 Å². The first-order valence-electron chi connectivity index (χ1n) is 4.55. The van der Waals surface area contributed by atoms with Crippen molar-refractivity contribution in [3.05, 3.63) is 23.4 Å². The molecule has 6 heteroatoms. The van der Waals surface area contributed by atoms with Crippen molar-refractivity contribution in [1.82, 2.24) is 10.2 Å². The third-order valence-corrected chi connectivity index (χ3v) is 2.48. The van der Waals surface area contributed by atoms with Crippen LogP contribution in [0.3, 0.4) is 0 Å². The van der Waals surface area contributed by atoms with E-state index in [1.807, 2.05) is 5.32 Å². The Bertz CT molecular complexity index is 501. The van der Waals surface area contributed by atoms with E-state index in [1.165, 1.54) is 6.92 Å². The fourth-order valence-electron chi connectivity index (χ4n) is 1.64. The third-order valence-electron chi connectivity index (χ3n) is 2.48. The molecule has 0 spiro atoms. The van der Waals surface area contributed by atoms with Crippen LogP contribution in [0.2, 0.25) is 0 Å². The highest BCUT2D eigenvalue weighted by molar-refractivity contribution is 6.25. The number of likely N-dealkylation sites (tertiary alicyclic amines) is 1. The van der Waals surface area contributed by atoms with Crippen molar-refractivity contribution in [2.45, 2.75) is 13.3 Å². The van der Waals surface area contributed by atoms with Crippen molar-refractivity contribution in [3.63, 3.8) is 0 Å². The van der Waals surface area contributed by atoms with E-state index in [9.17, 15) is 19.2 Å². The summed E-state index contributed by atoms with van der Waals surface area (Å²) < 4.78 is 0. The second kappa shape index (κ2) is 3.13. The molecule has 2 aliphatic heterocycles. The molecular weight excluding hydrogens is 212 g/mol. The summed E-state index contributed by atoms with van der Waals surface area (Å²) in [5.41, 5.74) is 0.0116. The van der Waals surface area contributed by atoms with E-state index in [-0.39, 0.29) is 23.3 Å². The Morgan fingerprint density at radius 3 is 2.19 bits per heavy atom. The molecule has 2 heterocycles. The Labute approximate surface area is 90.6 Å². The molecule has 1 fully saturated rings. The first kappa shape index (κ1) is 10.3. The number of carbonyl (C=O) groups is 4. The van der Waals surface area contributed by atoms with Crippen molar-refractivity contribution < 1.29 is 19.2 Å². The fourth-order valence-corrected chi connectivity index (χ4v) is 1.64. The van der Waals surface area contributed by atoms with Gasteiger partial charge >= 0.3 is 0 Å². The van der Waals surface area contributed by atoms with Gasteiger partial charge in [-0.3, -0.25) is 24.5 Å². The zero-order valence-electron chi connectivity index (χ0n) is 8.49. The van der Waals surface area contributed by atoms with Gasteiger partial charge in [0.25, 0.3) is 17.7 Å². The van der Waals surface area contributed by atoms with Crippen LogP contribution in [0.5, 0.6) is 0 Å². The first-order chi connectivity index (χ1) is 7.43. The molecule has 0 atom stereocenters. The van der Waals surface area contributed by atoms with Crippen LogP contribution < -0.4 is 5.32 Å². The number of nitrogens with zero attached hydrogens (tertiary/aromatic N) is 1. The standard InChI is InChI=1S/C10H8N2O4/c1-4-3-6(13)12(10(4)16)7-5(2)8(14)11-9(7)15/h1,3H2,2H3,(H,11,14,15). The monoisotopic (exact) mass is 220 g/mol.